The number of hydrogen-bond donors (Lipinski definition) is 0. The maximum atomic E-state index is 6.91. The van der Waals surface area contributed by atoms with E-state index in [9.17, 15) is 0 Å². The molecule has 0 unspecified atom stereocenters. The molecule has 5 nitrogen and oxygen atoms in total. The largest absolute Gasteiger partial charge is 0.457 e. The van der Waals surface area contributed by atoms with Crippen molar-refractivity contribution in [2.75, 3.05) is 16.5 Å². The Morgan fingerprint density at radius 2 is 1.06 bits per heavy atom. The molecule has 0 amide bonds. The molecule has 7 aromatic carbocycles. The molecule has 2 aromatic heterocycles. The Labute approximate surface area is 416 Å². The lowest BCUT2D eigenvalue weighted by Gasteiger charge is -2.33. The normalized spacial score (nSPS) is 13.4. The first-order valence-corrected chi connectivity index (χ1v) is 25.1. The van der Waals surface area contributed by atoms with Gasteiger partial charge in [-0.1, -0.05) is 168 Å². The SMILES string of the molecule is CC(C)c1ccc2c(c1)N(c1cccc(Oc3ccc4c5cc(C(C)(C)C)ccc5n(-c5cc(C(C)(C)C)ccn5)c4c3)c1)CN2c1cc(C(C)(C)c2ccccc2)cc(C(C)(C)c2ccccc2)c1. The van der Waals surface area contributed by atoms with Crippen LogP contribution >= 0.6 is 0 Å². The average molecular weight is 921 g/mol. The lowest BCUT2D eigenvalue weighted by Crippen LogP contribution is -2.27. The fourth-order valence-corrected chi connectivity index (χ4v) is 10.2. The van der Waals surface area contributed by atoms with Gasteiger partial charge in [0.1, 0.15) is 24.0 Å². The summed E-state index contributed by atoms with van der Waals surface area (Å²) >= 11 is 0. The molecule has 0 fully saturated rings. The Hall–Kier alpha value is -7.11. The molecular weight excluding hydrogens is 853 g/mol. The molecule has 0 aliphatic carbocycles. The predicted octanol–water partition coefficient (Wildman–Crippen LogP) is 17.6. The Morgan fingerprint density at radius 1 is 0.443 bits per heavy atom. The number of rotatable bonds is 10. The van der Waals surface area contributed by atoms with Gasteiger partial charge in [0.2, 0.25) is 0 Å². The Morgan fingerprint density at radius 3 is 1.69 bits per heavy atom. The van der Waals surface area contributed by atoms with Crippen molar-refractivity contribution in [2.24, 2.45) is 0 Å². The zero-order chi connectivity index (χ0) is 49.3. The number of ether oxygens (including phenoxy) is 1. The van der Waals surface area contributed by atoms with Crippen molar-refractivity contribution in [1.82, 2.24) is 9.55 Å². The Bertz CT molecular complexity index is 3310. The lowest BCUT2D eigenvalue weighted by molar-refractivity contribution is 0.483. The predicted molar refractivity (Wildman–Crippen MR) is 296 cm³/mol. The molecule has 0 saturated carbocycles. The van der Waals surface area contributed by atoms with E-state index in [1.807, 2.05) is 6.20 Å². The van der Waals surface area contributed by atoms with Crippen molar-refractivity contribution in [3.05, 3.63) is 215 Å². The van der Waals surface area contributed by atoms with Crippen LogP contribution < -0.4 is 14.5 Å². The minimum absolute atomic E-state index is 0.00979. The number of nitrogens with zero attached hydrogens (tertiary/aromatic N) is 4. The van der Waals surface area contributed by atoms with Gasteiger partial charge in [0.25, 0.3) is 0 Å². The van der Waals surface area contributed by atoms with Crippen LogP contribution in [0.5, 0.6) is 11.5 Å². The highest BCUT2D eigenvalue weighted by atomic mass is 16.5. The molecule has 0 atom stereocenters. The number of anilines is 4. The molecule has 5 heteroatoms. The van der Waals surface area contributed by atoms with Crippen LogP contribution in [0, 0.1) is 0 Å². The van der Waals surface area contributed by atoms with Crippen molar-refractivity contribution >= 4 is 44.6 Å². The van der Waals surface area contributed by atoms with Gasteiger partial charge < -0.3 is 14.5 Å². The van der Waals surface area contributed by atoms with Gasteiger partial charge in [0.15, 0.2) is 0 Å². The van der Waals surface area contributed by atoms with E-state index in [0.717, 1.165) is 34.0 Å². The van der Waals surface area contributed by atoms with E-state index in [2.05, 4.69) is 267 Å². The molecule has 0 bridgehead atoms. The summed E-state index contributed by atoms with van der Waals surface area (Å²) in [6.07, 6.45) is 1.94. The van der Waals surface area contributed by atoms with Gasteiger partial charge in [-0.3, -0.25) is 4.57 Å². The number of benzene rings is 7. The van der Waals surface area contributed by atoms with Crippen LogP contribution in [0.15, 0.2) is 176 Å². The van der Waals surface area contributed by atoms with E-state index < -0.39 is 0 Å². The minimum atomic E-state index is -0.242. The second kappa shape index (κ2) is 17.4. The van der Waals surface area contributed by atoms with E-state index in [1.54, 1.807) is 0 Å². The highest BCUT2D eigenvalue weighted by Crippen LogP contribution is 2.49. The second-order valence-corrected chi connectivity index (χ2v) is 22.9. The summed E-state index contributed by atoms with van der Waals surface area (Å²) in [7, 11) is 0. The van der Waals surface area contributed by atoms with Crippen LogP contribution in [0.1, 0.15) is 128 Å². The maximum absolute atomic E-state index is 6.91. The first-order chi connectivity index (χ1) is 33.3. The molecule has 0 radical (unpaired) electrons. The molecule has 9 aromatic rings. The summed E-state index contributed by atoms with van der Waals surface area (Å²) in [6, 6.07) is 62.5. The van der Waals surface area contributed by atoms with Gasteiger partial charge in [0, 0.05) is 51.3 Å². The van der Waals surface area contributed by atoms with Crippen LogP contribution in [-0.2, 0) is 21.7 Å². The van der Waals surface area contributed by atoms with Crippen molar-refractivity contribution in [3.63, 3.8) is 0 Å². The number of hydrogen-bond acceptors (Lipinski definition) is 4. The molecule has 70 heavy (non-hydrogen) atoms. The van der Waals surface area contributed by atoms with Crippen LogP contribution in [-0.4, -0.2) is 16.2 Å². The lowest BCUT2D eigenvalue weighted by atomic mass is 9.73. The fourth-order valence-electron chi connectivity index (χ4n) is 10.2. The number of fused-ring (bicyclic) bond motifs is 4. The van der Waals surface area contributed by atoms with Crippen molar-refractivity contribution in [2.45, 2.75) is 111 Å². The standard InChI is InChI=1S/C65H68N4O/c1-43(2)44-26-30-58-60(34-44)67(42-68(58)52-36-49(64(9,10)45-20-15-13-16-21-45)35-50(37-52)65(11,12)46-22-17-14-18-23-46)51-24-19-25-53(40-51)70-54-28-29-55-56-38-47(62(3,4)5)27-31-57(56)69(59(55)41-54)61-39-48(32-33-66-61)63(6,7)8/h13-41,43H,42H2,1-12H3. The van der Waals surface area contributed by atoms with Crippen LogP contribution in [0.4, 0.5) is 22.7 Å². The third-order valence-corrected chi connectivity index (χ3v) is 15.0. The Balaban J connectivity index is 1.06. The summed E-state index contributed by atoms with van der Waals surface area (Å²) in [6.45, 7) is 28.2. The monoisotopic (exact) mass is 921 g/mol. The fraction of sp³-hybridized carbons (Fsp3) is 0.277. The zero-order valence-electron chi connectivity index (χ0n) is 43.2. The summed E-state index contributed by atoms with van der Waals surface area (Å²) in [4.78, 5) is 9.93. The number of aromatic nitrogens is 2. The molecule has 3 heterocycles. The first kappa shape index (κ1) is 46.6. The van der Waals surface area contributed by atoms with Gasteiger partial charge in [-0.15, -0.1) is 0 Å². The quantitative estimate of drug-likeness (QED) is 0.137. The summed E-state index contributed by atoms with van der Waals surface area (Å²) < 4.78 is 9.21. The van der Waals surface area contributed by atoms with Gasteiger partial charge >= 0.3 is 0 Å². The summed E-state index contributed by atoms with van der Waals surface area (Å²) in [5.74, 6) is 2.83. The molecule has 354 valence electrons. The summed E-state index contributed by atoms with van der Waals surface area (Å²) in [5, 5.41) is 2.38. The van der Waals surface area contributed by atoms with Crippen molar-refractivity contribution in [1.29, 1.82) is 0 Å². The highest BCUT2D eigenvalue weighted by molar-refractivity contribution is 6.10. The van der Waals surface area contributed by atoms with Gasteiger partial charge in [-0.05, 0) is 128 Å². The smallest absolute Gasteiger partial charge is 0.137 e. The highest BCUT2D eigenvalue weighted by Gasteiger charge is 2.34. The van der Waals surface area contributed by atoms with Gasteiger partial charge in [0.05, 0.1) is 22.4 Å². The molecule has 0 N–H and O–H groups in total. The molecule has 0 spiro atoms. The van der Waals surface area contributed by atoms with Crippen molar-refractivity contribution < 1.29 is 4.74 Å². The molecule has 10 rings (SSSR count). The zero-order valence-corrected chi connectivity index (χ0v) is 43.2. The number of pyridine rings is 1. The van der Waals surface area contributed by atoms with Crippen LogP contribution in [0.2, 0.25) is 0 Å². The second-order valence-electron chi connectivity index (χ2n) is 22.9. The topological polar surface area (TPSA) is 33.5 Å². The molecule has 1 aliphatic heterocycles. The van der Waals surface area contributed by atoms with Crippen LogP contribution in [0.25, 0.3) is 27.6 Å². The van der Waals surface area contributed by atoms with E-state index in [1.165, 1.54) is 66.8 Å². The molecular formula is C65H68N4O. The Kier molecular flexibility index (Phi) is 11.6. The van der Waals surface area contributed by atoms with E-state index in [0.29, 0.717) is 12.6 Å². The van der Waals surface area contributed by atoms with E-state index >= 15 is 0 Å². The van der Waals surface area contributed by atoms with Crippen LogP contribution in [0.3, 0.4) is 0 Å². The van der Waals surface area contributed by atoms with Gasteiger partial charge in [-0.25, -0.2) is 4.98 Å². The molecule has 1 aliphatic rings. The third-order valence-electron chi connectivity index (χ3n) is 15.0. The van der Waals surface area contributed by atoms with E-state index in [-0.39, 0.29) is 21.7 Å². The summed E-state index contributed by atoms with van der Waals surface area (Å²) in [5.41, 5.74) is 15.3. The van der Waals surface area contributed by atoms with Crippen molar-refractivity contribution in [3.8, 4) is 17.3 Å². The third kappa shape index (κ3) is 8.54. The first-order valence-electron chi connectivity index (χ1n) is 25.1. The molecule has 0 saturated heterocycles. The maximum Gasteiger partial charge on any atom is 0.137 e. The van der Waals surface area contributed by atoms with E-state index in [4.69, 9.17) is 9.72 Å². The average Bonchev–Trinajstić information content (AvgIpc) is 3.89. The minimum Gasteiger partial charge on any atom is -0.457 e. The van der Waals surface area contributed by atoms with Gasteiger partial charge in [-0.2, -0.15) is 0 Å².